The van der Waals surface area contributed by atoms with Crippen molar-refractivity contribution >= 4 is 28.9 Å². The molecule has 7 heteroatoms. The number of nitrogens with one attached hydrogen (secondary N) is 1. The fourth-order valence-electron chi connectivity index (χ4n) is 1.72. The van der Waals surface area contributed by atoms with Crippen LogP contribution in [0.1, 0.15) is 6.42 Å². The summed E-state index contributed by atoms with van der Waals surface area (Å²) in [7, 11) is 0. The summed E-state index contributed by atoms with van der Waals surface area (Å²) in [6, 6.07) is 12.5. The number of rotatable bonds is 6. The highest BCUT2D eigenvalue weighted by Crippen LogP contribution is 2.18. The molecule has 0 atom stereocenters. The van der Waals surface area contributed by atoms with E-state index in [1.807, 2.05) is 0 Å². The van der Waals surface area contributed by atoms with Gasteiger partial charge in [0.2, 0.25) is 5.91 Å². The Kier molecular flexibility index (Phi) is 5.32. The molecule has 0 radical (unpaired) electrons. The molecule has 0 aliphatic rings. The summed E-state index contributed by atoms with van der Waals surface area (Å²) in [5.41, 5.74) is 0.610. The van der Waals surface area contributed by atoms with Crippen molar-refractivity contribution in [1.29, 1.82) is 0 Å². The highest BCUT2D eigenvalue weighted by molar-refractivity contribution is 6.30. The molecule has 2 aromatic carbocycles. The Hall–Kier alpha value is -2.60. The van der Waals surface area contributed by atoms with Gasteiger partial charge in [0.1, 0.15) is 5.75 Å². The van der Waals surface area contributed by atoms with Crippen LogP contribution in [0.2, 0.25) is 5.02 Å². The number of hydrogen-bond acceptors (Lipinski definition) is 4. The molecule has 0 fully saturated rings. The summed E-state index contributed by atoms with van der Waals surface area (Å²) in [5.74, 6) is 0.269. The van der Waals surface area contributed by atoms with Gasteiger partial charge in [-0.3, -0.25) is 14.9 Å². The van der Waals surface area contributed by atoms with Crippen molar-refractivity contribution in [2.24, 2.45) is 0 Å². The molecule has 22 heavy (non-hydrogen) atoms. The van der Waals surface area contributed by atoms with Crippen molar-refractivity contribution in [2.75, 3.05) is 11.9 Å². The molecule has 6 nitrogen and oxygen atoms in total. The van der Waals surface area contributed by atoms with Gasteiger partial charge < -0.3 is 10.1 Å². The number of ether oxygens (including phenoxy) is 1. The third-order valence-corrected chi connectivity index (χ3v) is 2.99. The molecule has 0 bridgehead atoms. The van der Waals surface area contributed by atoms with Gasteiger partial charge in [0.05, 0.1) is 18.0 Å². The van der Waals surface area contributed by atoms with E-state index < -0.39 is 4.92 Å². The predicted octanol–water partition coefficient (Wildman–Crippen LogP) is 3.66. The number of carbonyl (C=O) groups is 1. The zero-order chi connectivity index (χ0) is 15.9. The van der Waals surface area contributed by atoms with Gasteiger partial charge in [0, 0.05) is 22.8 Å². The number of halogens is 1. The van der Waals surface area contributed by atoms with Gasteiger partial charge in [-0.1, -0.05) is 17.7 Å². The first kappa shape index (κ1) is 15.8. The average Bonchev–Trinajstić information content (AvgIpc) is 2.47. The molecule has 0 saturated carbocycles. The van der Waals surface area contributed by atoms with Gasteiger partial charge in [-0.25, -0.2) is 0 Å². The number of anilines is 1. The Balaban J connectivity index is 1.78. The van der Waals surface area contributed by atoms with E-state index in [1.165, 1.54) is 24.3 Å². The van der Waals surface area contributed by atoms with E-state index in [2.05, 4.69) is 5.32 Å². The van der Waals surface area contributed by atoms with Gasteiger partial charge in [-0.15, -0.1) is 0 Å². The minimum Gasteiger partial charge on any atom is -0.493 e. The van der Waals surface area contributed by atoms with Crippen LogP contribution < -0.4 is 10.1 Å². The molecule has 0 aliphatic carbocycles. The Labute approximate surface area is 131 Å². The Bertz CT molecular complexity index is 673. The van der Waals surface area contributed by atoms with Crippen LogP contribution >= 0.6 is 11.6 Å². The molecule has 0 aromatic heterocycles. The van der Waals surface area contributed by atoms with E-state index in [1.54, 1.807) is 24.3 Å². The second-order valence-electron chi connectivity index (χ2n) is 4.41. The summed E-state index contributed by atoms with van der Waals surface area (Å²) < 4.78 is 5.36. The smallest absolute Gasteiger partial charge is 0.269 e. The number of hydrogen-bond donors (Lipinski definition) is 1. The van der Waals surface area contributed by atoms with Crippen LogP contribution in [0.3, 0.4) is 0 Å². The lowest BCUT2D eigenvalue weighted by Crippen LogP contribution is -2.15. The molecule has 0 saturated heterocycles. The van der Waals surface area contributed by atoms with Gasteiger partial charge in [0.15, 0.2) is 0 Å². The number of nitro groups is 1. The van der Waals surface area contributed by atoms with Crippen molar-refractivity contribution in [3.63, 3.8) is 0 Å². The Morgan fingerprint density at radius 3 is 2.59 bits per heavy atom. The molecule has 2 aromatic rings. The molecule has 2 rings (SSSR count). The predicted molar refractivity (Wildman–Crippen MR) is 83.3 cm³/mol. The van der Waals surface area contributed by atoms with Crippen molar-refractivity contribution in [3.8, 4) is 5.75 Å². The lowest BCUT2D eigenvalue weighted by Gasteiger charge is -2.07. The monoisotopic (exact) mass is 320 g/mol. The lowest BCUT2D eigenvalue weighted by atomic mass is 10.3. The normalized spacial score (nSPS) is 10.0. The van der Waals surface area contributed by atoms with E-state index in [-0.39, 0.29) is 24.6 Å². The van der Waals surface area contributed by atoms with Crippen molar-refractivity contribution in [1.82, 2.24) is 0 Å². The van der Waals surface area contributed by atoms with Gasteiger partial charge in [0.25, 0.3) is 5.69 Å². The summed E-state index contributed by atoms with van der Waals surface area (Å²) in [6.07, 6.45) is 0.156. The maximum atomic E-state index is 11.7. The summed E-state index contributed by atoms with van der Waals surface area (Å²) in [4.78, 5) is 21.8. The second kappa shape index (κ2) is 7.42. The van der Waals surface area contributed by atoms with Crippen molar-refractivity contribution < 1.29 is 14.5 Å². The summed E-state index contributed by atoms with van der Waals surface area (Å²) >= 11 is 5.82. The summed E-state index contributed by atoms with van der Waals surface area (Å²) in [6.45, 7) is 0.171. The molecular weight excluding hydrogens is 308 g/mol. The molecule has 0 aliphatic heterocycles. The molecule has 114 valence electrons. The number of amides is 1. The van der Waals surface area contributed by atoms with E-state index >= 15 is 0 Å². The van der Waals surface area contributed by atoms with Gasteiger partial charge in [-0.2, -0.15) is 0 Å². The fourth-order valence-corrected chi connectivity index (χ4v) is 1.91. The largest absolute Gasteiger partial charge is 0.493 e. The molecular formula is C15H13ClN2O4. The average molecular weight is 321 g/mol. The van der Waals surface area contributed by atoms with E-state index in [0.29, 0.717) is 16.5 Å². The van der Waals surface area contributed by atoms with Crippen LogP contribution in [0.4, 0.5) is 11.4 Å². The van der Waals surface area contributed by atoms with Crippen molar-refractivity contribution in [2.45, 2.75) is 6.42 Å². The minimum absolute atomic E-state index is 0.00829. The van der Waals surface area contributed by atoms with E-state index in [4.69, 9.17) is 16.3 Å². The molecule has 0 heterocycles. The third-order valence-electron chi connectivity index (χ3n) is 2.75. The van der Waals surface area contributed by atoms with E-state index in [9.17, 15) is 14.9 Å². The SMILES string of the molecule is O=C(CCOc1ccc([N+](=O)[O-])cc1)Nc1cccc(Cl)c1. The van der Waals surface area contributed by atoms with Crippen LogP contribution in [0.15, 0.2) is 48.5 Å². The van der Waals surface area contributed by atoms with E-state index in [0.717, 1.165) is 0 Å². The zero-order valence-electron chi connectivity index (χ0n) is 11.5. The Morgan fingerprint density at radius 1 is 1.23 bits per heavy atom. The van der Waals surface area contributed by atoms with Gasteiger partial charge in [-0.05, 0) is 30.3 Å². The van der Waals surface area contributed by atoms with Crippen LogP contribution in [0, 0.1) is 10.1 Å². The van der Waals surface area contributed by atoms with Crippen LogP contribution in [0.25, 0.3) is 0 Å². The maximum Gasteiger partial charge on any atom is 0.269 e. The quantitative estimate of drug-likeness (QED) is 0.650. The topological polar surface area (TPSA) is 81.5 Å². The summed E-state index contributed by atoms with van der Waals surface area (Å²) in [5, 5.41) is 13.8. The zero-order valence-corrected chi connectivity index (χ0v) is 12.2. The van der Waals surface area contributed by atoms with Gasteiger partial charge >= 0.3 is 0 Å². The third kappa shape index (κ3) is 4.75. The van der Waals surface area contributed by atoms with Crippen molar-refractivity contribution in [3.05, 3.63) is 63.7 Å². The fraction of sp³-hybridized carbons (Fsp3) is 0.133. The minimum atomic E-state index is -0.484. The molecule has 0 spiro atoms. The Morgan fingerprint density at radius 2 is 1.95 bits per heavy atom. The molecule has 1 N–H and O–H groups in total. The number of non-ortho nitro benzene ring substituents is 1. The highest BCUT2D eigenvalue weighted by Gasteiger charge is 2.06. The molecule has 1 amide bonds. The number of nitro benzene ring substituents is 1. The van der Waals surface area contributed by atoms with Crippen LogP contribution in [-0.2, 0) is 4.79 Å². The van der Waals surface area contributed by atoms with Crippen LogP contribution in [-0.4, -0.2) is 17.4 Å². The second-order valence-corrected chi connectivity index (χ2v) is 4.84. The van der Waals surface area contributed by atoms with Crippen LogP contribution in [0.5, 0.6) is 5.75 Å². The number of nitrogens with zero attached hydrogens (tertiary/aromatic N) is 1. The lowest BCUT2D eigenvalue weighted by molar-refractivity contribution is -0.384. The highest BCUT2D eigenvalue weighted by atomic mass is 35.5. The maximum absolute atomic E-state index is 11.7. The first-order valence-corrected chi connectivity index (χ1v) is 6.85. The number of benzene rings is 2. The standard InChI is InChI=1S/C15H13ClN2O4/c16-11-2-1-3-12(10-11)17-15(19)8-9-22-14-6-4-13(5-7-14)18(20)21/h1-7,10H,8-9H2,(H,17,19). The first-order valence-electron chi connectivity index (χ1n) is 6.47. The number of carbonyl (C=O) groups excluding carboxylic acids is 1. The molecule has 0 unspecified atom stereocenters. The first-order chi connectivity index (χ1) is 10.5.